The van der Waals surface area contributed by atoms with E-state index in [2.05, 4.69) is 0 Å². The highest BCUT2D eigenvalue weighted by atomic mass is 19.1. The molecule has 2 N–H and O–H groups in total. The van der Waals surface area contributed by atoms with Gasteiger partial charge in [0, 0.05) is 5.46 Å². The number of hydrogen-bond acceptors (Lipinski definition) is 4. The Morgan fingerprint density at radius 2 is 2.12 bits per heavy atom. The zero-order valence-corrected chi connectivity index (χ0v) is 9.31. The molecule has 0 unspecified atom stereocenters. The van der Waals surface area contributed by atoms with Crippen LogP contribution in [0.3, 0.4) is 0 Å². The fourth-order valence-electron chi connectivity index (χ4n) is 1.97. The molecule has 1 aliphatic rings. The summed E-state index contributed by atoms with van der Waals surface area (Å²) in [5.74, 6) is -1.08. The van der Waals surface area contributed by atoms with Gasteiger partial charge in [0.2, 0.25) is 0 Å². The quantitative estimate of drug-likeness (QED) is 0.561. The predicted octanol–water partition coefficient (Wildman–Crippen LogP) is -0.290. The Hall–Kier alpha value is -1.40. The number of halogens is 1. The van der Waals surface area contributed by atoms with Gasteiger partial charge >= 0.3 is 13.1 Å². The summed E-state index contributed by atoms with van der Waals surface area (Å²) in [6.45, 7) is 0. The SMILES string of the molecule is COC(=O)C1(c2ccc(F)c(B(O)O)c2)CC1. The number of rotatable bonds is 3. The summed E-state index contributed by atoms with van der Waals surface area (Å²) in [4.78, 5) is 11.6. The van der Waals surface area contributed by atoms with Gasteiger partial charge in [0.05, 0.1) is 12.5 Å². The molecule has 0 amide bonds. The first-order chi connectivity index (χ1) is 8.01. The lowest BCUT2D eigenvalue weighted by Crippen LogP contribution is -2.34. The topological polar surface area (TPSA) is 66.8 Å². The van der Waals surface area contributed by atoms with E-state index in [0.717, 1.165) is 6.07 Å². The Morgan fingerprint density at radius 1 is 1.47 bits per heavy atom. The highest BCUT2D eigenvalue weighted by molar-refractivity contribution is 6.58. The van der Waals surface area contributed by atoms with Crippen LogP contribution in [0.4, 0.5) is 4.39 Å². The summed E-state index contributed by atoms with van der Waals surface area (Å²) < 4.78 is 18.0. The number of hydrogen-bond donors (Lipinski definition) is 2. The monoisotopic (exact) mass is 238 g/mol. The molecule has 0 saturated heterocycles. The molecule has 1 fully saturated rings. The van der Waals surface area contributed by atoms with Gasteiger partial charge in [-0.25, -0.2) is 4.39 Å². The number of carbonyl (C=O) groups is 1. The van der Waals surface area contributed by atoms with E-state index in [1.54, 1.807) is 0 Å². The Balaban J connectivity index is 2.41. The molecular formula is C11H12BFO4. The van der Waals surface area contributed by atoms with Crippen LogP contribution in [0.25, 0.3) is 0 Å². The second-order valence-electron chi connectivity index (χ2n) is 4.18. The molecule has 0 radical (unpaired) electrons. The highest BCUT2D eigenvalue weighted by Crippen LogP contribution is 2.48. The molecule has 1 aromatic carbocycles. The van der Waals surface area contributed by atoms with Crippen LogP contribution in [0, 0.1) is 5.82 Å². The third-order valence-corrected chi connectivity index (χ3v) is 3.15. The standard InChI is InChI=1S/C11H12BFO4/c1-17-10(14)11(4-5-11)7-2-3-9(13)8(6-7)12(15)16/h2-3,6,15-16H,4-5H2,1H3. The van der Waals surface area contributed by atoms with E-state index in [9.17, 15) is 9.18 Å². The normalized spacial score (nSPS) is 16.5. The van der Waals surface area contributed by atoms with Gasteiger partial charge in [0.15, 0.2) is 0 Å². The molecule has 0 atom stereocenters. The number of benzene rings is 1. The van der Waals surface area contributed by atoms with Crippen LogP contribution in [0.1, 0.15) is 18.4 Å². The first kappa shape index (κ1) is 12.1. The second kappa shape index (κ2) is 4.12. The maximum absolute atomic E-state index is 13.3. The second-order valence-corrected chi connectivity index (χ2v) is 4.18. The minimum Gasteiger partial charge on any atom is -0.468 e. The van der Waals surface area contributed by atoms with E-state index in [4.69, 9.17) is 14.8 Å². The van der Waals surface area contributed by atoms with Crippen LogP contribution >= 0.6 is 0 Å². The predicted molar refractivity (Wildman–Crippen MR) is 59.2 cm³/mol. The van der Waals surface area contributed by atoms with Crippen LogP contribution < -0.4 is 5.46 Å². The van der Waals surface area contributed by atoms with E-state index >= 15 is 0 Å². The lowest BCUT2D eigenvalue weighted by atomic mass is 9.77. The zero-order valence-electron chi connectivity index (χ0n) is 9.31. The molecule has 4 nitrogen and oxygen atoms in total. The van der Waals surface area contributed by atoms with Crippen molar-refractivity contribution >= 4 is 18.6 Å². The molecule has 0 aliphatic heterocycles. The van der Waals surface area contributed by atoms with E-state index in [1.165, 1.54) is 19.2 Å². The first-order valence-electron chi connectivity index (χ1n) is 5.26. The summed E-state index contributed by atoms with van der Waals surface area (Å²) in [6, 6.07) is 3.92. The van der Waals surface area contributed by atoms with Gasteiger partial charge < -0.3 is 14.8 Å². The van der Waals surface area contributed by atoms with Crippen molar-refractivity contribution in [3.05, 3.63) is 29.6 Å². The fourth-order valence-corrected chi connectivity index (χ4v) is 1.97. The van der Waals surface area contributed by atoms with E-state index in [1.807, 2.05) is 0 Å². The largest absolute Gasteiger partial charge is 0.491 e. The molecule has 2 rings (SSSR count). The van der Waals surface area contributed by atoms with Gasteiger partial charge in [0.25, 0.3) is 0 Å². The maximum Gasteiger partial charge on any atom is 0.491 e. The zero-order chi connectivity index (χ0) is 12.6. The molecule has 0 bridgehead atoms. The lowest BCUT2D eigenvalue weighted by molar-refractivity contribution is -0.143. The third kappa shape index (κ3) is 1.94. The molecule has 0 aromatic heterocycles. The van der Waals surface area contributed by atoms with Gasteiger partial charge in [-0.3, -0.25) is 4.79 Å². The van der Waals surface area contributed by atoms with Crippen molar-refractivity contribution in [2.75, 3.05) is 7.11 Å². The number of carbonyl (C=O) groups excluding carboxylic acids is 1. The van der Waals surface area contributed by atoms with Crippen LogP contribution in [0.2, 0.25) is 0 Å². The summed E-state index contributed by atoms with van der Waals surface area (Å²) in [6.07, 6.45) is 1.26. The molecule has 1 saturated carbocycles. The summed E-state index contributed by atoms with van der Waals surface area (Å²) in [5, 5.41) is 18.0. The molecule has 1 aliphatic carbocycles. The molecule has 6 heteroatoms. The highest BCUT2D eigenvalue weighted by Gasteiger charge is 2.52. The lowest BCUT2D eigenvalue weighted by Gasteiger charge is -2.14. The Bertz CT molecular complexity index is 457. The smallest absolute Gasteiger partial charge is 0.468 e. The van der Waals surface area contributed by atoms with E-state index in [0.29, 0.717) is 18.4 Å². The van der Waals surface area contributed by atoms with Crippen molar-refractivity contribution in [1.29, 1.82) is 0 Å². The molecule has 0 heterocycles. The molecule has 1 aromatic rings. The van der Waals surface area contributed by atoms with E-state index in [-0.39, 0.29) is 11.4 Å². The van der Waals surface area contributed by atoms with Crippen LogP contribution in [0.5, 0.6) is 0 Å². The minimum absolute atomic E-state index is 0.224. The molecule has 0 spiro atoms. The van der Waals surface area contributed by atoms with Crippen molar-refractivity contribution in [3.63, 3.8) is 0 Å². The van der Waals surface area contributed by atoms with Gasteiger partial charge in [-0.15, -0.1) is 0 Å². The number of ether oxygens (including phenoxy) is 1. The van der Waals surface area contributed by atoms with Crippen LogP contribution in [0.15, 0.2) is 18.2 Å². The number of esters is 1. The van der Waals surface area contributed by atoms with Crippen molar-refractivity contribution in [3.8, 4) is 0 Å². The van der Waals surface area contributed by atoms with Gasteiger partial charge in [-0.05, 0) is 24.5 Å². The Kier molecular flexibility index (Phi) is 2.93. The first-order valence-corrected chi connectivity index (χ1v) is 5.26. The average Bonchev–Trinajstić information content (AvgIpc) is 3.09. The molecule has 17 heavy (non-hydrogen) atoms. The fraction of sp³-hybridized carbons (Fsp3) is 0.364. The summed E-state index contributed by atoms with van der Waals surface area (Å²) in [5.41, 5.74) is -0.391. The van der Waals surface area contributed by atoms with Crippen molar-refractivity contribution in [2.24, 2.45) is 0 Å². The van der Waals surface area contributed by atoms with Gasteiger partial charge in [0.1, 0.15) is 5.82 Å². The Labute approximate surface area is 98.2 Å². The minimum atomic E-state index is -1.89. The van der Waals surface area contributed by atoms with Gasteiger partial charge in [-0.2, -0.15) is 0 Å². The molecular weight excluding hydrogens is 226 g/mol. The van der Waals surface area contributed by atoms with E-state index < -0.39 is 18.4 Å². The molecule has 90 valence electrons. The maximum atomic E-state index is 13.3. The Morgan fingerprint density at radius 3 is 2.59 bits per heavy atom. The van der Waals surface area contributed by atoms with Crippen molar-refractivity contribution in [1.82, 2.24) is 0 Å². The average molecular weight is 238 g/mol. The van der Waals surface area contributed by atoms with Crippen molar-refractivity contribution < 1.29 is 24.0 Å². The summed E-state index contributed by atoms with van der Waals surface area (Å²) >= 11 is 0. The van der Waals surface area contributed by atoms with Crippen molar-refractivity contribution in [2.45, 2.75) is 18.3 Å². The van der Waals surface area contributed by atoms with Crippen LogP contribution in [-0.4, -0.2) is 30.2 Å². The number of methoxy groups -OCH3 is 1. The summed E-state index contributed by atoms with van der Waals surface area (Å²) in [7, 11) is -0.586. The third-order valence-electron chi connectivity index (χ3n) is 3.15. The van der Waals surface area contributed by atoms with Crippen LogP contribution in [-0.2, 0) is 14.9 Å². The van der Waals surface area contributed by atoms with Gasteiger partial charge in [-0.1, -0.05) is 12.1 Å².